The molecule has 0 bridgehead atoms. The third kappa shape index (κ3) is 3.64. The Morgan fingerprint density at radius 1 is 0.944 bits per heavy atom. The molecule has 2 aliphatic heterocycles. The molecule has 6 nitrogen and oxygen atoms in total. The van der Waals surface area contributed by atoms with Gasteiger partial charge in [0.2, 0.25) is 5.91 Å². The van der Waals surface area contributed by atoms with E-state index in [-0.39, 0.29) is 17.6 Å². The van der Waals surface area contributed by atoms with Crippen LogP contribution in [-0.4, -0.2) is 57.3 Å². The fourth-order valence-corrected chi connectivity index (χ4v) is 6.25. The summed E-state index contributed by atoms with van der Waals surface area (Å²) in [7, 11) is 0. The van der Waals surface area contributed by atoms with E-state index >= 15 is 0 Å². The van der Waals surface area contributed by atoms with E-state index in [0.717, 1.165) is 27.4 Å². The van der Waals surface area contributed by atoms with Gasteiger partial charge in [0.25, 0.3) is 5.91 Å². The number of carbonyl (C=O) groups is 2. The first-order valence-corrected chi connectivity index (χ1v) is 13.0. The number of carbonyl (C=O) groups excluding carboxylic acids is 2. The molecule has 1 atom stereocenters. The van der Waals surface area contributed by atoms with Gasteiger partial charge in [-0.1, -0.05) is 42.5 Å². The molecule has 0 aliphatic carbocycles. The van der Waals surface area contributed by atoms with Gasteiger partial charge in [0, 0.05) is 50.6 Å². The topological polar surface area (TPSA) is 58.4 Å². The quantitative estimate of drug-likeness (QED) is 0.402. The van der Waals surface area contributed by atoms with Gasteiger partial charge in [-0.05, 0) is 41.1 Å². The van der Waals surface area contributed by atoms with Crippen molar-refractivity contribution in [1.82, 2.24) is 19.4 Å². The van der Waals surface area contributed by atoms with Gasteiger partial charge in [-0.2, -0.15) is 0 Å². The third-order valence-electron chi connectivity index (χ3n) is 7.34. The minimum atomic E-state index is -0.650. The van der Waals surface area contributed by atoms with Crippen molar-refractivity contribution in [3.8, 4) is 11.4 Å². The fourth-order valence-electron chi connectivity index (χ4n) is 5.56. The molecular formula is C28H25FN4O2S. The molecule has 0 radical (unpaired) electrons. The molecule has 0 N–H and O–H groups in total. The highest BCUT2D eigenvalue weighted by Crippen LogP contribution is 2.49. The number of aromatic nitrogens is 2. The number of piperazine rings is 1. The summed E-state index contributed by atoms with van der Waals surface area (Å²) >= 11 is 1.44. The highest BCUT2D eigenvalue weighted by atomic mass is 32.1. The minimum Gasteiger partial charge on any atom is -0.339 e. The molecule has 0 spiro atoms. The van der Waals surface area contributed by atoms with Crippen molar-refractivity contribution in [2.75, 3.05) is 26.2 Å². The zero-order valence-corrected chi connectivity index (χ0v) is 20.5. The second-order valence-corrected chi connectivity index (χ2v) is 10.1. The highest BCUT2D eigenvalue weighted by molar-refractivity contribution is 7.12. The van der Waals surface area contributed by atoms with E-state index in [9.17, 15) is 14.0 Å². The van der Waals surface area contributed by atoms with Crippen molar-refractivity contribution < 1.29 is 14.0 Å². The van der Waals surface area contributed by atoms with Crippen molar-refractivity contribution in [3.63, 3.8) is 0 Å². The molecule has 36 heavy (non-hydrogen) atoms. The highest BCUT2D eigenvalue weighted by Gasteiger charge is 2.45. The number of hydrogen-bond acceptors (Lipinski definition) is 4. The Labute approximate surface area is 212 Å². The lowest BCUT2D eigenvalue weighted by atomic mass is 9.79. The predicted octanol–water partition coefficient (Wildman–Crippen LogP) is 4.62. The lowest BCUT2D eigenvalue weighted by molar-refractivity contribution is -0.133. The van der Waals surface area contributed by atoms with Crippen LogP contribution in [-0.2, 0) is 10.3 Å². The Morgan fingerprint density at radius 2 is 1.69 bits per heavy atom. The van der Waals surface area contributed by atoms with E-state index < -0.39 is 5.54 Å². The first kappa shape index (κ1) is 22.7. The molecule has 4 heterocycles. The Balaban J connectivity index is 1.24. The van der Waals surface area contributed by atoms with Crippen LogP contribution in [0.5, 0.6) is 0 Å². The first-order chi connectivity index (χ1) is 17.6. The van der Waals surface area contributed by atoms with Crippen LogP contribution in [0.15, 0.2) is 78.4 Å². The van der Waals surface area contributed by atoms with Crippen LogP contribution in [0.4, 0.5) is 4.39 Å². The number of benzene rings is 2. The van der Waals surface area contributed by atoms with E-state index in [2.05, 4.69) is 15.6 Å². The van der Waals surface area contributed by atoms with Gasteiger partial charge in [-0.3, -0.25) is 9.59 Å². The summed E-state index contributed by atoms with van der Waals surface area (Å²) in [5.74, 6) is 0.647. The van der Waals surface area contributed by atoms with Gasteiger partial charge in [-0.25, -0.2) is 9.37 Å². The van der Waals surface area contributed by atoms with Crippen LogP contribution in [0.2, 0.25) is 0 Å². The van der Waals surface area contributed by atoms with Crippen LogP contribution < -0.4 is 0 Å². The van der Waals surface area contributed by atoms with Gasteiger partial charge in [0.1, 0.15) is 11.6 Å². The molecule has 2 aromatic heterocycles. The Bertz CT molecular complexity index is 1410. The molecule has 8 heteroatoms. The molecule has 1 unspecified atom stereocenters. The van der Waals surface area contributed by atoms with Gasteiger partial charge in [0.15, 0.2) is 0 Å². The van der Waals surface area contributed by atoms with Gasteiger partial charge < -0.3 is 14.4 Å². The maximum Gasteiger partial charge on any atom is 0.264 e. The number of hydrogen-bond donors (Lipinski definition) is 0. The van der Waals surface area contributed by atoms with Gasteiger partial charge in [0.05, 0.1) is 10.4 Å². The van der Waals surface area contributed by atoms with E-state index in [4.69, 9.17) is 0 Å². The molecule has 6 rings (SSSR count). The predicted molar refractivity (Wildman–Crippen MR) is 136 cm³/mol. The number of rotatable bonds is 5. The molecule has 182 valence electrons. The third-order valence-corrected chi connectivity index (χ3v) is 8.20. The van der Waals surface area contributed by atoms with Crippen molar-refractivity contribution in [3.05, 3.63) is 100 Å². The van der Waals surface area contributed by atoms with Crippen LogP contribution in [0, 0.1) is 5.82 Å². The molecule has 2 amide bonds. The molecule has 0 saturated carbocycles. The summed E-state index contributed by atoms with van der Waals surface area (Å²) in [6, 6.07) is 18.4. The molecule has 1 saturated heterocycles. The molecule has 2 aliphatic rings. The number of amides is 2. The number of fused-ring (bicyclic) bond motifs is 3. The minimum absolute atomic E-state index is 0.0301. The normalized spacial score (nSPS) is 18.7. The van der Waals surface area contributed by atoms with E-state index in [1.807, 2.05) is 51.7 Å². The summed E-state index contributed by atoms with van der Waals surface area (Å²) in [6.45, 7) is 2.10. The Morgan fingerprint density at radius 3 is 2.44 bits per heavy atom. The monoisotopic (exact) mass is 500 g/mol. The zero-order valence-electron chi connectivity index (χ0n) is 19.6. The second-order valence-electron chi connectivity index (χ2n) is 9.18. The average Bonchev–Trinajstić information content (AvgIpc) is 3.66. The van der Waals surface area contributed by atoms with Crippen molar-refractivity contribution in [1.29, 1.82) is 0 Å². The molecule has 2 aromatic carbocycles. The molecule has 4 aromatic rings. The number of halogens is 1. The maximum absolute atomic E-state index is 13.9. The van der Waals surface area contributed by atoms with Crippen molar-refractivity contribution in [2.45, 2.75) is 18.4 Å². The van der Waals surface area contributed by atoms with E-state index in [0.29, 0.717) is 39.0 Å². The van der Waals surface area contributed by atoms with Crippen molar-refractivity contribution >= 4 is 23.2 Å². The molecular weight excluding hydrogens is 475 g/mol. The van der Waals surface area contributed by atoms with Gasteiger partial charge in [-0.15, -0.1) is 11.3 Å². The summed E-state index contributed by atoms with van der Waals surface area (Å²) in [4.78, 5) is 35.1. The zero-order chi connectivity index (χ0) is 24.7. The average molecular weight is 501 g/mol. The molecule has 1 fully saturated rings. The first-order valence-electron chi connectivity index (χ1n) is 12.1. The fraction of sp³-hybridized carbons (Fsp3) is 0.250. The number of nitrogens with zero attached hydrogens (tertiary/aromatic N) is 4. The van der Waals surface area contributed by atoms with Crippen LogP contribution >= 0.6 is 11.3 Å². The lowest BCUT2D eigenvalue weighted by Gasteiger charge is -2.37. The van der Waals surface area contributed by atoms with E-state index in [1.165, 1.54) is 23.5 Å². The Hall–Kier alpha value is -3.78. The summed E-state index contributed by atoms with van der Waals surface area (Å²) in [5.41, 5.74) is 2.37. The summed E-state index contributed by atoms with van der Waals surface area (Å²) in [6.07, 6.45) is 4.56. The largest absolute Gasteiger partial charge is 0.339 e. The van der Waals surface area contributed by atoms with Crippen LogP contribution in [0.25, 0.3) is 11.4 Å². The standard InChI is InChI=1S/C28H25FN4O2S/c29-21-9-7-20(8-10-21)28(23-5-2-1-4-22(23)26-30-13-14-33(26)28)12-11-25(34)31-15-17-32(18-16-31)27(35)24-6-3-19-36-24/h1-10,13-14,19H,11-12,15-18H2. The van der Waals surface area contributed by atoms with Crippen molar-refractivity contribution in [2.24, 2.45) is 0 Å². The maximum atomic E-state index is 13.9. The second kappa shape index (κ2) is 9.02. The number of imidazole rings is 1. The van der Waals surface area contributed by atoms with Crippen LogP contribution in [0.3, 0.4) is 0 Å². The summed E-state index contributed by atoms with van der Waals surface area (Å²) < 4.78 is 16.0. The van der Waals surface area contributed by atoms with E-state index in [1.54, 1.807) is 18.3 Å². The van der Waals surface area contributed by atoms with Crippen LogP contribution in [0.1, 0.15) is 33.6 Å². The lowest BCUT2D eigenvalue weighted by Crippen LogP contribution is -2.50. The van der Waals surface area contributed by atoms with Gasteiger partial charge >= 0.3 is 0 Å². The Kier molecular flexibility index (Phi) is 5.68. The SMILES string of the molecule is O=C(CCC1(c2ccc(F)cc2)c2ccccc2-c2nccn21)N1CCN(C(=O)c2cccs2)CC1. The summed E-state index contributed by atoms with van der Waals surface area (Å²) in [5, 5.41) is 1.90. The number of thiophene rings is 1. The smallest absolute Gasteiger partial charge is 0.264 e.